The zero-order valence-corrected chi connectivity index (χ0v) is 19.0. The first-order valence-corrected chi connectivity index (χ1v) is 11.0. The third-order valence-corrected chi connectivity index (χ3v) is 5.79. The Morgan fingerprint density at radius 3 is 2.48 bits per heavy atom. The number of anilines is 1. The molecular formula is C27H21ClN4O. The van der Waals surface area contributed by atoms with Crippen LogP contribution in [-0.2, 0) is 0 Å². The monoisotopic (exact) mass is 452 g/mol. The summed E-state index contributed by atoms with van der Waals surface area (Å²) in [6.07, 6.45) is 0. The van der Waals surface area contributed by atoms with E-state index in [1.165, 1.54) is 0 Å². The topological polar surface area (TPSA) is 59.8 Å². The predicted octanol–water partition coefficient (Wildman–Crippen LogP) is 6.61. The van der Waals surface area contributed by atoms with Gasteiger partial charge in [0.1, 0.15) is 0 Å². The molecule has 33 heavy (non-hydrogen) atoms. The minimum absolute atomic E-state index is 0.0814. The number of aromatic nitrogens is 3. The first-order chi connectivity index (χ1) is 16.0. The largest absolute Gasteiger partial charge is 0.319 e. The molecule has 0 aliphatic carbocycles. The molecule has 0 fully saturated rings. The number of nitrogens with one attached hydrogen (secondary N) is 1. The number of carbonyl (C=O) groups excluding carboxylic acids is 1. The molecule has 5 rings (SSSR count). The van der Waals surface area contributed by atoms with Crippen LogP contribution in [-0.4, -0.2) is 20.7 Å². The molecule has 0 saturated heterocycles. The number of amides is 1. The van der Waals surface area contributed by atoms with Crippen molar-refractivity contribution >= 4 is 34.0 Å². The van der Waals surface area contributed by atoms with E-state index in [9.17, 15) is 4.79 Å². The number of fused-ring (bicyclic) bond motifs is 1. The summed E-state index contributed by atoms with van der Waals surface area (Å²) in [7, 11) is 0. The predicted molar refractivity (Wildman–Crippen MR) is 133 cm³/mol. The van der Waals surface area contributed by atoms with Crippen LogP contribution < -0.4 is 5.32 Å². The van der Waals surface area contributed by atoms with Crippen LogP contribution in [0.2, 0.25) is 5.02 Å². The summed E-state index contributed by atoms with van der Waals surface area (Å²) < 4.78 is 1.68. The maximum absolute atomic E-state index is 13.2. The highest BCUT2D eigenvalue weighted by molar-refractivity contribution is 6.30. The molecule has 5 aromatic rings. The first kappa shape index (κ1) is 20.9. The standard InChI is InChI=1S/C27H21ClN4O/c1-17-10-13-20(14-11-17)26-30-25(31-32(26)24-16-21(28)15-12-18(24)2)27(33)29-23-9-5-7-19-6-3-4-8-22(19)23/h3-16H,1-2H3,(H,29,33). The van der Waals surface area contributed by atoms with Gasteiger partial charge in [-0.3, -0.25) is 4.79 Å². The quantitative estimate of drug-likeness (QED) is 0.333. The SMILES string of the molecule is Cc1ccc(-c2nc(C(=O)Nc3cccc4ccccc34)nn2-c2cc(Cl)ccc2C)cc1. The van der Waals surface area contributed by atoms with E-state index in [4.69, 9.17) is 11.6 Å². The third-order valence-electron chi connectivity index (χ3n) is 5.56. The van der Waals surface area contributed by atoms with Crippen LogP contribution in [0.5, 0.6) is 0 Å². The van der Waals surface area contributed by atoms with E-state index in [1.54, 1.807) is 4.68 Å². The van der Waals surface area contributed by atoms with Crippen LogP contribution in [0.3, 0.4) is 0 Å². The highest BCUT2D eigenvalue weighted by Crippen LogP contribution is 2.27. The highest BCUT2D eigenvalue weighted by Gasteiger charge is 2.20. The van der Waals surface area contributed by atoms with Gasteiger partial charge in [0.2, 0.25) is 5.82 Å². The molecule has 1 amide bonds. The van der Waals surface area contributed by atoms with Gasteiger partial charge in [-0.15, -0.1) is 5.10 Å². The van der Waals surface area contributed by atoms with Crippen LogP contribution in [0.15, 0.2) is 84.9 Å². The molecular weight excluding hydrogens is 432 g/mol. The molecule has 1 aromatic heterocycles. The van der Waals surface area contributed by atoms with Crippen LogP contribution in [0.25, 0.3) is 27.8 Å². The van der Waals surface area contributed by atoms with Crippen molar-refractivity contribution in [1.29, 1.82) is 0 Å². The van der Waals surface area contributed by atoms with Gasteiger partial charge in [0.05, 0.1) is 5.69 Å². The smallest absolute Gasteiger partial charge is 0.295 e. The Balaban J connectivity index is 1.60. The molecule has 0 radical (unpaired) electrons. The molecule has 0 bridgehead atoms. The van der Waals surface area contributed by atoms with Crippen LogP contribution in [0.1, 0.15) is 21.7 Å². The van der Waals surface area contributed by atoms with Gasteiger partial charge in [-0.25, -0.2) is 9.67 Å². The number of hydrogen-bond acceptors (Lipinski definition) is 3. The Hall–Kier alpha value is -3.96. The molecule has 0 aliphatic heterocycles. The maximum atomic E-state index is 13.2. The number of hydrogen-bond donors (Lipinski definition) is 1. The minimum Gasteiger partial charge on any atom is -0.319 e. The van der Waals surface area contributed by atoms with Gasteiger partial charge in [-0.1, -0.05) is 83.9 Å². The zero-order valence-electron chi connectivity index (χ0n) is 18.2. The molecule has 5 nitrogen and oxygen atoms in total. The Morgan fingerprint density at radius 2 is 1.67 bits per heavy atom. The van der Waals surface area contributed by atoms with Gasteiger partial charge in [0.15, 0.2) is 5.82 Å². The lowest BCUT2D eigenvalue weighted by Crippen LogP contribution is -2.14. The fraction of sp³-hybridized carbons (Fsp3) is 0.0741. The van der Waals surface area contributed by atoms with Crippen molar-refractivity contribution in [3.63, 3.8) is 0 Å². The lowest BCUT2D eigenvalue weighted by molar-refractivity contribution is 0.101. The Bertz CT molecular complexity index is 1480. The number of carbonyl (C=O) groups is 1. The second-order valence-corrected chi connectivity index (χ2v) is 8.38. The van der Waals surface area contributed by atoms with Crippen molar-refractivity contribution in [3.8, 4) is 17.1 Å². The first-order valence-electron chi connectivity index (χ1n) is 10.6. The zero-order chi connectivity index (χ0) is 22.9. The average Bonchev–Trinajstić information content (AvgIpc) is 3.27. The fourth-order valence-electron chi connectivity index (χ4n) is 3.79. The summed E-state index contributed by atoms with van der Waals surface area (Å²) in [5.41, 5.74) is 4.45. The molecule has 0 spiro atoms. The van der Waals surface area contributed by atoms with Crippen LogP contribution in [0, 0.1) is 13.8 Å². The van der Waals surface area contributed by atoms with Crippen LogP contribution >= 0.6 is 11.6 Å². The van der Waals surface area contributed by atoms with Crippen molar-refractivity contribution in [2.24, 2.45) is 0 Å². The van der Waals surface area contributed by atoms with E-state index in [1.807, 2.05) is 98.8 Å². The van der Waals surface area contributed by atoms with Crippen molar-refractivity contribution in [1.82, 2.24) is 14.8 Å². The van der Waals surface area contributed by atoms with Gasteiger partial charge in [-0.2, -0.15) is 0 Å². The molecule has 1 N–H and O–H groups in total. The Kier molecular flexibility index (Phi) is 5.40. The van der Waals surface area contributed by atoms with E-state index >= 15 is 0 Å². The van der Waals surface area contributed by atoms with Crippen molar-refractivity contribution in [2.75, 3.05) is 5.32 Å². The second kappa shape index (κ2) is 8.52. The third kappa shape index (κ3) is 4.11. The van der Waals surface area contributed by atoms with Gasteiger partial charge in [0, 0.05) is 21.7 Å². The van der Waals surface area contributed by atoms with E-state index in [-0.39, 0.29) is 11.7 Å². The van der Waals surface area contributed by atoms with Crippen molar-refractivity contribution in [3.05, 3.63) is 107 Å². The van der Waals surface area contributed by atoms with E-state index < -0.39 is 0 Å². The lowest BCUT2D eigenvalue weighted by Gasteiger charge is -2.09. The van der Waals surface area contributed by atoms with Crippen LogP contribution in [0.4, 0.5) is 5.69 Å². The number of rotatable bonds is 4. The molecule has 0 saturated carbocycles. The van der Waals surface area contributed by atoms with Gasteiger partial charge in [0.25, 0.3) is 5.91 Å². The minimum atomic E-state index is -0.377. The summed E-state index contributed by atoms with van der Waals surface area (Å²) in [6, 6.07) is 27.3. The van der Waals surface area contributed by atoms with Gasteiger partial charge >= 0.3 is 0 Å². The fourth-order valence-corrected chi connectivity index (χ4v) is 3.96. The molecule has 0 unspecified atom stereocenters. The molecule has 0 atom stereocenters. The number of aryl methyl sites for hydroxylation is 2. The Morgan fingerprint density at radius 1 is 0.909 bits per heavy atom. The van der Waals surface area contributed by atoms with E-state index in [2.05, 4.69) is 15.4 Å². The molecule has 162 valence electrons. The molecule has 0 aliphatic rings. The van der Waals surface area contributed by atoms with Gasteiger partial charge < -0.3 is 5.32 Å². The Labute approximate surface area is 196 Å². The average molecular weight is 453 g/mol. The molecule has 1 heterocycles. The van der Waals surface area contributed by atoms with Crippen molar-refractivity contribution < 1.29 is 4.79 Å². The second-order valence-electron chi connectivity index (χ2n) is 7.95. The lowest BCUT2D eigenvalue weighted by atomic mass is 10.1. The number of halogens is 1. The van der Waals surface area contributed by atoms with E-state index in [0.29, 0.717) is 16.5 Å². The highest BCUT2D eigenvalue weighted by atomic mass is 35.5. The normalized spacial score (nSPS) is 11.0. The van der Waals surface area contributed by atoms with Gasteiger partial charge in [-0.05, 0) is 43.0 Å². The summed E-state index contributed by atoms with van der Waals surface area (Å²) in [5.74, 6) is 0.277. The summed E-state index contributed by atoms with van der Waals surface area (Å²) in [6.45, 7) is 4.00. The molecule has 6 heteroatoms. The molecule has 4 aromatic carbocycles. The summed E-state index contributed by atoms with van der Waals surface area (Å²) in [4.78, 5) is 17.8. The van der Waals surface area contributed by atoms with Crippen molar-refractivity contribution in [2.45, 2.75) is 13.8 Å². The van der Waals surface area contributed by atoms with E-state index in [0.717, 1.165) is 33.2 Å². The number of nitrogens with zero attached hydrogens (tertiary/aromatic N) is 3. The number of benzene rings is 4. The maximum Gasteiger partial charge on any atom is 0.295 e. The summed E-state index contributed by atoms with van der Waals surface area (Å²) >= 11 is 6.28. The summed E-state index contributed by atoms with van der Waals surface area (Å²) in [5, 5.41) is 10.2.